The molecular formula is C41H31ClF8N10O3S. The highest BCUT2D eigenvalue weighted by molar-refractivity contribution is 8.00. The molecule has 0 bridgehead atoms. The molecule has 0 saturated heterocycles. The minimum atomic E-state index is -3.58. The van der Waals surface area contributed by atoms with Crippen molar-refractivity contribution in [2.75, 3.05) is 11.0 Å². The van der Waals surface area contributed by atoms with Crippen LogP contribution in [0.4, 0.5) is 40.9 Å². The van der Waals surface area contributed by atoms with Crippen molar-refractivity contribution >= 4 is 60.7 Å². The van der Waals surface area contributed by atoms with Gasteiger partial charge in [-0.05, 0) is 66.2 Å². The van der Waals surface area contributed by atoms with Crippen LogP contribution in [0.1, 0.15) is 65.3 Å². The summed E-state index contributed by atoms with van der Waals surface area (Å²) in [5, 5.41) is 10.9. The lowest BCUT2D eigenvalue weighted by Crippen LogP contribution is -2.38. The fourth-order valence-corrected chi connectivity index (χ4v) is 9.18. The zero-order valence-electron chi connectivity index (χ0n) is 33.1. The van der Waals surface area contributed by atoms with Crippen LogP contribution in [-0.4, -0.2) is 61.3 Å². The predicted octanol–water partition coefficient (Wildman–Crippen LogP) is 7.71. The number of rotatable bonds is 12. The highest BCUT2D eigenvalue weighted by Gasteiger charge is 2.67. The lowest BCUT2D eigenvalue weighted by atomic mass is 10.0. The van der Waals surface area contributed by atoms with Gasteiger partial charge in [-0.2, -0.15) is 19.0 Å². The number of aryl methyl sites for hydroxylation is 1. The summed E-state index contributed by atoms with van der Waals surface area (Å²) in [6.45, 7) is -1.03. The number of fused-ring (bicyclic) bond motifs is 5. The summed E-state index contributed by atoms with van der Waals surface area (Å²) in [7, 11) is -1.48. The summed E-state index contributed by atoms with van der Waals surface area (Å²) < 4.78 is 135. The van der Waals surface area contributed by atoms with Crippen LogP contribution in [0.2, 0.25) is 5.02 Å². The standard InChI is InChI=1S/C41H31ClF8N10O3S/c1-58-33-28(7-6-24(42)31(33)38(56-58)57-64(2,3)63)60-39(54-26-13-18(4-5-21(26)40(60)62)37-51-9-8-25(53-37)35(45)46)27(12-17-10-19(43)14-20(44)11-17)52-29(61)16-59-34-30(32(55-59)36(47)48)22-15-23(22)41(34,49)50/h4-11,13-14,22-23,27,35-36H,2,12,15-16H2,1,3H3,(H,52,61)(H,56,57,63)/t22-,23+,27?,64?/m0/s1. The van der Waals surface area contributed by atoms with Gasteiger partial charge in [0.05, 0.1) is 38.6 Å². The molecule has 0 spiro atoms. The van der Waals surface area contributed by atoms with Gasteiger partial charge in [0.2, 0.25) is 5.91 Å². The highest BCUT2D eigenvalue weighted by atomic mass is 35.5. The van der Waals surface area contributed by atoms with Gasteiger partial charge in [-0.15, -0.1) is 0 Å². The van der Waals surface area contributed by atoms with Crippen LogP contribution >= 0.6 is 11.6 Å². The third kappa shape index (κ3) is 7.50. The molecule has 2 unspecified atom stereocenters. The summed E-state index contributed by atoms with van der Waals surface area (Å²) in [4.78, 5) is 42.0. The van der Waals surface area contributed by atoms with Gasteiger partial charge in [-0.25, -0.2) is 45.5 Å². The number of nitrogens with one attached hydrogen (secondary N) is 2. The minimum Gasteiger partial charge on any atom is -0.344 e. The van der Waals surface area contributed by atoms with E-state index in [0.717, 1.165) is 29.0 Å². The van der Waals surface area contributed by atoms with Crippen molar-refractivity contribution in [1.29, 1.82) is 0 Å². The molecule has 2 aliphatic rings. The Kier molecular flexibility index (Phi) is 10.3. The van der Waals surface area contributed by atoms with Crippen LogP contribution in [-0.2, 0) is 40.4 Å². The summed E-state index contributed by atoms with van der Waals surface area (Å²) in [6.07, 6.45) is -4.31. The number of carbonyl (C=O) groups excluding carboxylic acids is 1. The van der Waals surface area contributed by atoms with E-state index in [1.54, 1.807) is 0 Å². The van der Waals surface area contributed by atoms with Crippen molar-refractivity contribution < 1.29 is 44.1 Å². The molecular weight excluding hydrogens is 900 g/mol. The van der Waals surface area contributed by atoms with Crippen molar-refractivity contribution in [3.05, 3.63) is 122 Å². The molecule has 1 fully saturated rings. The Morgan fingerprint density at radius 2 is 1.75 bits per heavy atom. The number of hydrogen-bond acceptors (Lipinski definition) is 8. The quantitative estimate of drug-likeness (QED) is 0.0934. The van der Waals surface area contributed by atoms with Gasteiger partial charge in [-0.1, -0.05) is 17.7 Å². The van der Waals surface area contributed by atoms with Gasteiger partial charge in [0.15, 0.2) is 11.6 Å². The van der Waals surface area contributed by atoms with E-state index in [1.165, 1.54) is 48.3 Å². The van der Waals surface area contributed by atoms with E-state index in [4.69, 9.17) is 16.6 Å². The molecule has 64 heavy (non-hydrogen) atoms. The smallest absolute Gasteiger partial charge is 0.293 e. The van der Waals surface area contributed by atoms with Crippen molar-refractivity contribution in [1.82, 2.24) is 44.4 Å². The lowest BCUT2D eigenvalue weighted by Gasteiger charge is -2.24. The van der Waals surface area contributed by atoms with Gasteiger partial charge < -0.3 is 5.32 Å². The van der Waals surface area contributed by atoms with Crippen molar-refractivity contribution in [2.45, 2.75) is 50.1 Å². The summed E-state index contributed by atoms with van der Waals surface area (Å²) >= 11 is 6.68. The maximum absolute atomic E-state index is 15.5. The summed E-state index contributed by atoms with van der Waals surface area (Å²) in [5.41, 5.74) is -3.32. The third-order valence-electron chi connectivity index (χ3n) is 11.0. The second kappa shape index (κ2) is 15.4. The van der Waals surface area contributed by atoms with E-state index >= 15 is 13.6 Å². The number of hydrogen-bond donors (Lipinski definition) is 2. The maximum atomic E-state index is 15.5. The Balaban J connectivity index is 1.26. The monoisotopic (exact) mass is 930 g/mol. The van der Waals surface area contributed by atoms with E-state index in [9.17, 15) is 35.3 Å². The molecule has 2 N–H and O–H groups in total. The van der Waals surface area contributed by atoms with Crippen molar-refractivity contribution in [3.63, 3.8) is 0 Å². The first-order valence-corrected chi connectivity index (χ1v) is 21.7. The maximum Gasteiger partial charge on any atom is 0.293 e. The van der Waals surface area contributed by atoms with Gasteiger partial charge in [0.25, 0.3) is 24.3 Å². The topological polar surface area (TPSA) is 155 Å². The predicted molar refractivity (Wildman–Crippen MR) is 220 cm³/mol. The number of amides is 1. The first kappa shape index (κ1) is 42.9. The Morgan fingerprint density at radius 3 is 2.44 bits per heavy atom. The number of anilines is 1. The Hall–Kier alpha value is -6.42. The molecule has 4 atom stereocenters. The Bertz CT molecular complexity index is 3250. The summed E-state index contributed by atoms with van der Waals surface area (Å²) in [5.74, 6) is -5.68. The Labute approximate surface area is 361 Å². The second-order valence-electron chi connectivity index (χ2n) is 15.6. The number of nitrogens with zero attached hydrogens (tertiary/aromatic N) is 8. The molecule has 23 heteroatoms. The fourth-order valence-electron chi connectivity index (χ4n) is 8.38. The number of carbonyl (C=O) groups is 1. The number of halogens is 9. The zero-order chi connectivity index (χ0) is 45.7. The SMILES string of the molecule is C=S(C)(=O)Nc1nn(C)c2c(-n3c(C(Cc4cc(F)cc(F)c4)NC(=O)Cn4nc(C(F)F)c5c4C(F)(F)[C@@H]4C[C@H]54)nc4cc(-c5nccc(C(F)F)n5)ccc4c3=O)ccc(Cl)c12. The first-order valence-electron chi connectivity index (χ1n) is 19.1. The molecule has 9 rings (SSSR count). The van der Waals surface area contributed by atoms with E-state index in [1.807, 2.05) is 0 Å². The second-order valence-corrected chi connectivity index (χ2v) is 18.2. The van der Waals surface area contributed by atoms with E-state index < -0.39 is 99.5 Å². The van der Waals surface area contributed by atoms with Crippen LogP contribution in [0.5, 0.6) is 0 Å². The van der Waals surface area contributed by atoms with Crippen LogP contribution in [0.15, 0.2) is 65.6 Å². The van der Waals surface area contributed by atoms with Crippen molar-refractivity contribution in [3.8, 4) is 17.1 Å². The fraction of sp³-hybridized carbons (Fsp3) is 0.268. The van der Waals surface area contributed by atoms with Crippen LogP contribution in [0.25, 0.3) is 38.9 Å². The molecule has 0 aliphatic heterocycles. The molecule has 332 valence electrons. The average molecular weight is 931 g/mol. The molecule has 13 nitrogen and oxygen atoms in total. The van der Waals surface area contributed by atoms with E-state index in [2.05, 4.69) is 36.1 Å². The molecule has 7 aromatic rings. The van der Waals surface area contributed by atoms with E-state index in [0.29, 0.717) is 10.7 Å². The third-order valence-corrected chi connectivity index (χ3v) is 11.9. The lowest BCUT2D eigenvalue weighted by molar-refractivity contribution is -0.123. The minimum absolute atomic E-state index is 0.00955. The number of aromatic nitrogens is 8. The van der Waals surface area contributed by atoms with Gasteiger partial charge in [0.1, 0.15) is 41.1 Å². The van der Waals surface area contributed by atoms with Crippen molar-refractivity contribution in [2.24, 2.45) is 13.0 Å². The molecule has 4 aromatic heterocycles. The Morgan fingerprint density at radius 1 is 1.02 bits per heavy atom. The highest BCUT2D eigenvalue weighted by Crippen LogP contribution is 2.68. The van der Waals surface area contributed by atoms with Gasteiger partial charge in [0, 0.05) is 58.7 Å². The first-order chi connectivity index (χ1) is 30.2. The molecule has 2 aliphatic carbocycles. The van der Waals surface area contributed by atoms with Gasteiger partial charge >= 0.3 is 0 Å². The van der Waals surface area contributed by atoms with Gasteiger partial charge in [-0.3, -0.25) is 28.2 Å². The molecule has 1 saturated carbocycles. The largest absolute Gasteiger partial charge is 0.344 e. The molecule has 0 radical (unpaired) electrons. The van der Waals surface area contributed by atoms with Crippen LogP contribution < -0.4 is 15.6 Å². The molecule has 1 amide bonds. The molecule has 4 heterocycles. The molecule has 3 aromatic carbocycles. The normalized spacial score (nSPS) is 17.8. The summed E-state index contributed by atoms with van der Waals surface area (Å²) in [6, 6.07) is 8.75. The van der Waals surface area contributed by atoms with Crippen LogP contribution in [0, 0.1) is 17.6 Å². The number of alkyl halides is 6. The zero-order valence-corrected chi connectivity index (χ0v) is 34.7. The average Bonchev–Trinajstić information content (AvgIpc) is 3.75. The number of benzene rings is 3. The van der Waals surface area contributed by atoms with Crippen LogP contribution in [0.3, 0.4) is 0 Å². The van der Waals surface area contributed by atoms with E-state index in [-0.39, 0.29) is 73.1 Å².